The molecule has 0 aromatic heterocycles. The number of nitrogens with one attached hydrogen (secondary N) is 1. The molecule has 1 fully saturated rings. The average molecular weight is 415 g/mol. The molecule has 0 radical (unpaired) electrons. The molecule has 28 heavy (non-hydrogen) atoms. The van der Waals surface area contributed by atoms with Crippen molar-refractivity contribution in [2.45, 2.75) is 68.7 Å². The van der Waals surface area contributed by atoms with Crippen LogP contribution in [0.4, 0.5) is 13.2 Å². The predicted molar refractivity (Wildman–Crippen MR) is 114 cm³/mol. The van der Waals surface area contributed by atoms with Crippen LogP contribution in [0.15, 0.2) is 47.7 Å². The Bertz CT molecular complexity index is 599. The summed E-state index contributed by atoms with van der Waals surface area (Å²) in [6, 6.07) is 0.560. The Morgan fingerprint density at radius 1 is 1.32 bits per heavy atom. The van der Waals surface area contributed by atoms with Crippen LogP contribution in [0.25, 0.3) is 0 Å². The molecule has 1 unspecified atom stereocenters. The molecule has 2 aliphatic rings. The van der Waals surface area contributed by atoms with Gasteiger partial charge in [0.15, 0.2) is 0 Å². The van der Waals surface area contributed by atoms with Gasteiger partial charge in [0, 0.05) is 17.0 Å². The van der Waals surface area contributed by atoms with E-state index in [-0.39, 0.29) is 11.8 Å². The van der Waals surface area contributed by atoms with Gasteiger partial charge in [-0.15, -0.1) is 0 Å². The molecule has 0 amide bonds. The minimum atomic E-state index is -4.16. The van der Waals surface area contributed by atoms with E-state index in [1.807, 2.05) is 12.2 Å². The van der Waals surface area contributed by atoms with Crippen LogP contribution in [-0.4, -0.2) is 41.8 Å². The molecule has 0 bridgehead atoms. The van der Waals surface area contributed by atoms with Gasteiger partial charge in [0.1, 0.15) is 0 Å². The van der Waals surface area contributed by atoms with Gasteiger partial charge >= 0.3 is 5.51 Å². The summed E-state index contributed by atoms with van der Waals surface area (Å²) in [6.07, 6.45) is 14.4. The first-order valence-electron chi connectivity index (χ1n) is 10.1. The number of thioether (sulfide) groups is 1. The van der Waals surface area contributed by atoms with E-state index in [9.17, 15) is 13.2 Å². The molecule has 6 heteroatoms. The number of hydrogen-bond acceptors (Lipinski definition) is 3. The minimum Gasteiger partial charge on any atom is -0.386 e. The Balaban J connectivity index is 1.60. The number of hydrogen-bond donors (Lipinski definition) is 1. The molecule has 1 saturated heterocycles. The molecule has 1 atom stereocenters. The molecule has 158 valence electrons. The van der Waals surface area contributed by atoms with Crippen molar-refractivity contribution in [2.75, 3.05) is 20.1 Å². The van der Waals surface area contributed by atoms with Crippen LogP contribution in [0.3, 0.4) is 0 Å². The predicted octanol–water partition coefficient (Wildman–Crippen LogP) is 6.20. The zero-order valence-electron chi connectivity index (χ0n) is 17.0. The highest BCUT2D eigenvalue weighted by atomic mass is 32.2. The van der Waals surface area contributed by atoms with E-state index in [0.29, 0.717) is 12.5 Å². The van der Waals surface area contributed by atoms with Crippen LogP contribution in [-0.2, 0) is 0 Å². The fraction of sp³-hybridized carbons (Fsp3) is 0.636. The van der Waals surface area contributed by atoms with Crippen LogP contribution >= 0.6 is 11.8 Å². The summed E-state index contributed by atoms with van der Waals surface area (Å²) >= 11 is 0.0722. The molecule has 1 aliphatic carbocycles. The molecule has 0 aromatic rings. The molecule has 0 spiro atoms. The van der Waals surface area contributed by atoms with Crippen LogP contribution in [0, 0.1) is 0 Å². The van der Waals surface area contributed by atoms with Crippen molar-refractivity contribution in [3.63, 3.8) is 0 Å². The van der Waals surface area contributed by atoms with Crippen LogP contribution in [0.5, 0.6) is 0 Å². The van der Waals surface area contributed by atoms with Gasteiger partial charge in [0.2, 0.25) is 0 Å². The largest absolute Gasteiger partial charge is 0.442 e. The first-order chi connectivity index (χ1) is 13.2. The zero-order chi connectivity index (χ0) is 20.6. The molecule has 0 aromatic carbocycles. The second-order valence-electron chi connectivity index (χ2n) is 7.89. The lowest BCUT2D eigenvalue weighted by Gasteiger charge is -2.30. The molecular formula is C22H33F3N2S. The van der Waals surface area contributed by atoms with Gasteiger partial charge in [-0.2, -0.15) is 13.2 Å². The van der Waals surface area contributed by atoms with E-state index >= 15 is 0 Å². The summed E-state index contributed by atoms with van der Waals surface area (Å²) in [5.74, 6) is 0. The zero-order valence-corrected chi connectivity index (χ0v) is 17.8. The number of nitrogens with zero attached hydrogens (tertiary/aromatic N) is 1. The Morgan fingerprint density at radius 2 is 2.04 bits per heavy atom. The van der Waals surface area contributed by atoms with E-state index in [1.54, 1.807) is 6.08 Å². The van der Waals surface area contributed by atoms with Crippen molar-refractivity contribution >= 4 is 11.8 Å². The summed E-state index contributed by atoms with van der Waals surface area (Å²) in [4.78, 5) is 2.36. The van der Waals surface area contributed by atoms with Gasteiger partial charge in [-0.05, 0) is 89.8 Å². The highest BCUT2D eigenvalue weighted by Crippen LogP contribution is 2.37. The number of allylic oxidation sites excluding steroid dienone is 6. The third-order valence-corrected chi connectivity index (χ3v) is 6.13. The van der Waals surface area contributed by atoms with Gasteiger partial charge in [-0.3, -0.25) is 0 Å². The highest BCUT2D eigenvalue weighted by Gasteiger charge is 2.32. The second kappa shape index (κ2) is 11.1. The highest BCUT2D eigenvalue weighted by molar-refractivity contribution is 8.00. The van der Waals surface area contributed by atoms with Crippen LogP contribution in [0.2, 0.25) is 0 Å². The fourth-order valence-electron chi connectivity index (χ4n) is 3.67. The molecule has 2 nitrogen and oxygen atoms in total. The summed E-state index contributed by atoms with van der Waals surface area (Å²) < 4.78 is 37.2. The summed E-state index contributed by atoms with van der Waals surface area (Å²) in [5.41, 5.74) is -0.687. The quantitative estimate of drug-likeness (QED) is 0.357. The Labute approximate surface area is 172 Å². The average Bonchev–Trinajstić information content (AvgIpc) is 2.61. The Hall–Kier alpha value is -1.14. The number of likely N-dealkylation sites (tertiary alicyclic amines) is 1. The van der Waals surface area contributed by atoms with E-state index in [2.05, 4.69) is 36.8 Å². The molecule has 2 rings (SSSR count). The van der Waals surface area contributed by atoms with Gasteiger partial charge in [0.05, 0.1) is 0 Å². The summed E-state index contributed by atoms with van der Waals surface area (Å²) in [7, 11) is 2.17. The molecule has 1 heterocycles. The normalized spacial score (nSPS) is 22.2. The van der Waals surface area contributed by atoms with Crippen molar-refractivity contribution in [3.05, 3.63) is 47.7 Å². The Kier molecular flexibility index (Phi) is 9.22. The van der Waals surface area contributed by atoms with E-state index < -0.39 is 10.8 Å². The van der Waals surface area contributed by atoms with E-state index in [4.69, 9.17) is 0 Å². The molecule has 1 aliphatic heterocycles. The standard InChI is InChI=1S/C22H33F3N2S/c1-17(16-18(2)26-20-12-14-27(3)15-13-20)6-4-5-7-19-8-10-21(11-9-19)28-22(23,24)25/h8-10,16,20-21,26H,1,4-7,11-15H2,2-3H3/b18-16+. The smallest absolute Gasteiger partial charge is 0.386 e. The molecule has 1 N–H and O–H groups in total. The van der Waals surface area contributed by atoms with Gasteiger partial charge in [0.25, 0.3) is 0 Å². The van der Waals surface area contributed by atoms with E-state index in [1.165, 1.54) is 18.5 Å². The number of alkyl halides is 3. The second-order valence-corrected chi connectivity index (χ2v) is 9.19. The van der Waals surface area contributed by atoms with Crippen LogP contribution < -0.4 is 5.32 Å². The first-order valence-corrected chi connectivity index (χ1v) is 11.0. The maximum absolute atomic E-state index is 12.4. The van der Waals surface area contributed by atoms with E-state index in [0.717, 1.165) is 49.9 Å². The lowest BCUT2D eigenvalue weighted by Crippen LogP contribution is -2.40. The third-order valence-electron chi connectivity index (χ3n) is 5.21. The van der Waals surface area contributed by atoms with Crippen molar-refractivity contribution in [1.29, 1.82) is 0 Å². The third kappa shape index (κ3) is 9.37. The van der Waals surface area contributed by atoms with Crippen molar-refractivity contribution < 1.29 is 13.2 Å². The molecular weight excluding hydrogens is 381 g/mol. The van der Waals surface area contributed by atoms with Crippen LogP contribution in [0.1, 0.15) is 51.9 Å². The minimum absolute atomic E-state index is 0.0722. The lowest BCUT2D eigenvalue weighted by molar-refractivity contribution is -0.0331. The summed E-state index contributed by atoms with van der Waals surface area (Å²) in [6.45, 7) is 8.56. The number of rotatable bonds is 9. The topological polar surface area (TPSA) is 15.3 Å². The van der Waals surface area contributed by atoms with Crippen molar-refractivity contribution in [2.24, 2.45) is 0 Å². The SMILES string of the molecule is C=C(/C=C(\C)NC1CCN(C)CC1)CCCCC1=CCC(SC(F)(F)F)C=C1. The lowest BCUT2D eigenvalue weighted by atomic mass is 9.99. The van der Waals surface area contributed by atoms with Crippen molar-refractivity contribution in [3.8, 4) is 0 Å². The van der Waals surface area contributed by atoms with Gasteiger partial charge in [-0.25, -0.2) is 0 Å². The summed E-state index contributed by atoms with van der Waals surface area (Å²) in [5, 5.41) is 3.13. The first kappa shape index (κ1) is 23.1. The number of unbranched alkanes of at least 4 members (excludes halogenated alkanes) is 1. The Morgan fingerprint density at radius 3 is 2.64 bits per heavy atom. The van der Waals surface area contributed by atoms with Gasteiger partial charge in [-0.1, -0.05) is 36.0 Å². The van der Waals surface area contributed by atoms with Gasteiger partial charge < -0.3 is 10.2 Å². The fourth-order valence-corrected chi connectivity index (χ4v) is 4.36. The maximum atomic E-state index is 12.4. The maximum Gasteiger partial charge on any atom is 0.442 e. The monoisotopic (exact) mass is 414 g/mol. The number of piperidine rings is 1. The van der Waals surface area contributed by atoms with Crippen molar-refractivity contribution in [1.82, 2.24) is 10.2 Å². The number of halogens is 3. The molecule has 0 saturated carbocycles.